The lowest BCUT2D eigenvalue weighted by Crippen LogP contribution is -2.29. The van der Waals surface area contributed by atoms with Crippen LogP contribution in [0.15, 0.2) is 55.0 Å². The quantitative estimate of drug-likeness (QED) is 0.375. The van der Waals surface area contributed by atoms with Crippen molar-refractivity contribution in [2.45, 2.75) is 13.0 Å². The number of anilines is 4. The van der Waals surface area contributed by atoms with Gasteiger partial charge in [-0.15, -0.1) is 12.4 Å². The molecule has 0 saturated carbocycles. The first kappa shape index (κ1) is 24.3. The number of rotatable bonds is 10. The molecule has 0 spiro atoms. The molecule has 10 heteroatoms. The fraction of sp³-hybridized carbons (Fsp3) is 0.286. The molecular weight excluding hydrogens is 423 g/mol. The first-order chi connectivity index (χ1) is 14.6. The number of nitrogens with one attached hydrogen (secondary N) is 2. The Morgan fingerprint density at radius 2 is 1.68 bits per heavy atom. The van der Waals surface area contributed by atoms with Gasteiger partial charge in [0.25, 0.3) is 0 Å². The third-order valence-corrected chi connectivity index (χ3v) is 4.47. The summed E-state index contributed by atoms with van der Waals surface area (Å²) in [5, 5.41) is 25.2. The van der Waals surface area contributed by atoms with E-state index in [1.54, 1.807) is 30.7 Å². The Balaban J connectivity index is 0.00000341. The predicted octanol–water partition coefficient (Wildman–Crippen LogP) is 3.14. The molecule has 2 aromatic heterocycles. The van der Waals surface area contributed by atoms with Crippen LogP contribution in [-0.4, -0.2) is 51.5 Å². The van der Waals surface area contributed by atoms with Crippen LogP contribution in [0.2, 0.25) is 0 Å². The number of nitrogens with zero attached hydrogens (tertiary/aromatic N) is 4. The van der Waals surface area contributed by atoms with E-state index in [-0.39, 0.29) is 37.5 Å². The van der Waals surface area contributed by atoms with Gasteiger partial charge in [-0.2, -0.15) is 0 Å². The Morgan fingerprint density at radius 3 is 2.29 bits per heavy atom. The third-order valence-electron chi connectivity index (χ3n) is 4.47. The molecule has 0 unspecified atom stereocenters. The van der Waals surface area contributed by atoms with Gasteiger partial charge in [-0.05, 0) is 24.6 Å². The minimum atomic E-state index is -0.287. The molecule has 0 aliphatic heterocycles. The number of aliphatic hydroxyl groups is 2. The van der Waals surface area contributed by atoms with Crippen molar-refractivity contribution in [3.63, 3.8) is 0 Å². The van der Waals surface area contributed by atoms with E-state index in [0.29, 0.717) is 30.5 Å². The van der Waals surface area contributed by atoms with Gasteiger partial charge in [0.1, 0.15) is 23.3 Å². The Kier molecular flexibility index (Phi) is 9.39. The molecule has 3 aromatic rings. The van der Waals surface area contributed by atoms with E-state index in [1.807, 2.05) is 24.0 Å². The molecule has 0 radical (unpaired) electrons. The van der Waals surface area contributed by atoms with E-state index in [1.165, 1.54) is 12.1 Å². The number of halogens is 2. The number of hydrogen-bond acceptors (Lipinski definition) is 8. The molecule has 2 heterocycles. The van der Waals surface area contributed by atoms with Crippen molar-refractivity contribution >= 4 is 35.5 Å². The lowest BCUT2D eigenvalue weighted by Gasteiger charge is -2.25. The van der Waals surface area contributed by atoms with Crippen LogP contribution in [0.5, 0.6) is 0 Å². The van der Waals surface area contributed by atoms with Crippen molar-refractivity contribution in [2.75, 3.05) is 41.8 Å². The highest BCUT2D eigenvalue weighted by Crippen LogP contribution is 2.27. The number of hydrogen-bond donors (Lipinski definition) is 4. The van der Waals surface area contributed by atoms with Crippen LogP contribution in [0.1, 0.15) is 18.5 Å². The first-order valence-corrected chi connectivity index (χ1v) is 9.63. The molecule has 0 saturated heterocycles. The van der Waals surface area contributed by atoms with Crippen molar-refractivity contribution < 1.29 is 14.6 Å². The molecule has 166 valence electrons. The molecule has 1 atom stereocenters. The predicted molar refractivity (Wildman–Crippen MR) is 122 cm³/mol. The van der Waals surface area contributed by atoms with Crippen molar-refractivity contribution in [3.05, 3.63) is 66.4 Å². The van der Waals surface area contributed by atoms with Crippen molar-refractivity contribution in [2.24, 2.45) is 0 Å². The Morgan fingerprint density at radius 1 is 1.00 bits per heavy atom. The van der Waals surface area contributed by atoms with Crippen LogP contribution in [0.3, 0.4) is 0 Å². The molecule has 8 nitrogen and oxygen atoms in total. The summed E-state index contributed by atoms with van der Waals surface area (Å²) in [6.07, 6.45) is 4.74. The van der Waals surface area contributed by atoms with Crippen LogP contribution in [0.4, 0.5) is 27.5 Å². The average Bonchev–Trinajstić information content (AvgIpc) is 2.74. The van der Waals surface area contributed by atoms with E-state index in [9.17, 15) is 14.6 Å². The van der Waals surface area contributed by atoms with Gasteiger partial charge in [-0.1, -0.05) is 12.1 Å². The molecule has 0 aliphatic carbocycles. The summed E-state index contributed by atoms with van der Waals surface area (Å²) in [5.74, 6) is 1.36. The normalized spacial score (nSPS) is 11.4. The highest BCUT2D eigenvalue weighted by atomic mass is 35.5. The average molecular weight is 449 g/mol. The molecule has 4 N–H and O–H groups in total. The SMILES string of the molecule is C[C@H](Nc1cc(N(CCO)CCO)cc(Nc2cnccn2)n1)c1ccc(F)cc1.Cl. The summed E-state index contributed by atoms with van der Waals surface area (Å²) in [6, 6.07) is 9.81. The lowest BCUT2D eigenvalue weighted by atomic mass is 10.1. The van der Waals surface area contributed by atoms with Gasteiger partial charge in [0.05, 0.1) is 19.4 Å². The van der Waals surface area contributed by atoms with Gasteiger partial charge in [-0.3, -0.25) is 4.98 Å². The number of aromatic nitrogens is 3. The maximum absolute atomic E-state index is 13.2. The monoisotopic (exact) mass is 448 g/mol. The molecule has 0 fully saturated rings. The Hall–Kier alpha value is -3.01. The Bertz CT molecular complexity index is 927. The van der Waals surface area contributed by atoms with Gasteiger partial charge in [0.15, 0.2) is 0 Å². The summed E-state index contributed by atoms with van der Waals surface area (Å²) in [7, 11) is 0. The highest BCUT2D eigenvalue weighted by Gasteiger charge is 2.13. The smallest absolute Gasteiger partial charge is 0.150 e. The first-order valence-electron chi connectivity index (χ1n) is 9.63. The fourth-order valence-electron chi connectivity index (χ4n) is 3.00. The second-order valence-electron chi connectivity index (χ2n) is 6.66. The zero-order valence-electron chi connectivity index (χ0n) is 17.1. The molecule has 0 bridgehead atoms. The molecule has 0 aliphatic rings. The maximum atomic E-state index is 13.2. The third kappa shape index (κ3) is 7.02. The maximum Gasteiger partial charge on any atom is 0.150 e. The van der Waals surface area contributed by atoms with Crippen LogP contribution in [0, 0.1) is 5.82 Å². The topological polar surface area (TPSA) is 106 Å². The van der Waals surface area contributed by atoms with Gasteiger partial charge < -0.3 is 25.7 Å². The fourth-order valence-corrected chi connectivity index (χ4v) is 3.00. The molecule has 0 amide bonds. The number of benzene rings is 1. The van der Waals surface area contributed by atoms with Gasteiger partial charge >= 0.3 is 0 Å². The second kappa shape index (κ2) is 12.0. The largest absolute Gasteiger partial charge is 0.395 e. The Labute approximate surface area is 186 Å². The van der Waals surface area contributed by atoms with E-state index in [0.717, 1.165) is 11.3 Å². The van der Waals surface area contributed by atoms with E-state index in [4.69, 9.17) is 0 Å². The standard InChI is InChI=1S/C21H25FN6O2.ClH/c1-15(16-2-4-17(22)5-3-16)25-19-12-18(28(8-10-29)9-11-30)13-20(26-19)27-21-14-23-6-7-24-21;/h2-7,12-15,29-30H,8-11H2,1H3,(H2,24,25,26,27);1H/t15-;/m0./s1. The summed E-state index contributed by atoms with van der Waals surface area (Å²) in [6.45, 7) is 2.58. The number of pyridine rings is 1. The van der Waals surface area contributed by atoms with Crippen molar-refractivity contribution in [1.82, 2.24) is 15.0 Å². The zero-order chi connectivity index (χ0) is 21.3. The van der Waals surface area contributed by atoms with E-state index < -0.39 is 0 Å². The molecule has 3 rings (SSSR count). The summed E-state index contributed by atoms with van der Waals surface area (Å²) in [4.78, 5) is 14.7. The van der Waals surface area contributed by atoms with Gasteiger partial charge in [0.2, 0.25) is 0 Å². The van der Waals surface area contributed by atoms with Crippen LogP contribution in [-0.2, 0) is 0 Å². The molecule has 31 heavy (non-hydrogen) atoms. The summed E-state index contributed by atoms with van der Waals surface area (Å²) < 4.78 is 13.2. The second-order valence-corrected chi connectivity index (χ2v) is 6.66. The van der Waals surface area contributed by atoms with E-state index in [2.05, 4.69) is 25.6 Å². The van der Waals surface area contributed by atoms with Crippen LogP contribution < -0.4 is 15.5 Å². The van der Waals surface area contributed by atoms with Gasteiger partial charge in [0, 0.05) is 49.3 Å². The summed E-state index contributed by atoms with van der Waals surface area (Å²) in [5.41, 5.74) is 1.68. The van der Waals surface area contributed by atoms with Crippen LogP contribution >= 0.6 is 12.4 Å². The minimum Gasteiger partial charge on any atom is -0.395 e. The van der Waals surface area contributed by atoms with Crippen molar-refractivity contribution in [1.29, 1.82) is 0 Å². The molecular formula is C21H26ClFN6O2. The van der Waals surface area contributed by atoms with Gasteiger partial charge in [-0.25, -0.2) is 14.4 Å². The van der Waals surface area contributed by atoms with Crippen molar-refractivity contribution in [3.8, 4) is 0 Å². The van der Waals surface area contributed by atoms with Crippen LogP contribution in [0.25, 0.3) is 0 Å². The minimum absolute atomic E-state index is 0. The molecule has 1 aromatic carbocycles. The van der Waals surface area contributed by atoms with E-state index >= 15 is 0 Å². The summed E-state index contributed by atoms with van der Waals surface area (Å²) >= 11 is 0. The lowest BCUT2D eigenvalue weighted by molar-refractivity contribution is 0.281. The zero-order valence-corrected chi connectivity index (χ0v) is 17.9. The number of aliphatic hydroxyl groups excluding tert-OH is 2. The highest BCUT2D eigenvalue weighted by molar-refractivity contribution is 5.85.